The lowest BCUT2D eigenvalue weighted by Crippen LogP contribution is -2.40. The molecule has 1 heterocycles. The Hall–Kier alpha value is -4.19. The van der Waals surface area contributed by atoms with E-state index < -0.39 is 7.25 Å². The van der Waals surface area contributed by atoms with Crippen LogP contribution in [0.1, 0.15) is 11.1 Å². The van der Waals surface area contributed by atoms with Crippen LogP contribution in [0.4, 0.5) is 17.3 Å². The lowest BCUT2D eigenvalue weighted by Gasteiger charge is -2.13. The van der Waals surface area contributed by atoms with Crippen LogP contribution in [0.15, 0.2) is 127 Å². The molecule has 4 aromatic carbocycles. The van der Waals surface area contributed by atoms with Gasteiger partial charge >= 0.3 is 7.25 Å². The smallest absolute Gasteiger partial charge is 0.418 e. The summed E-state index contributed by atoms with van der Waals surface area (Å²) in [7, 11) is -6.00. The first-order chi connectivity index (χ1) is 18.3. The minimum absolute atomic E-state index is 0.909. The van der Waals surface area contributed by atoms with E-state index in [0.717, 1.165) is 13.0 Å². The molecule has 1 aromatic heterocycles. The summed E-state index contributed by atoms with van der Waals surface area (Å²) in [5.41, 5.74) is 10.1. The zero-order chi connectivity index (χ0) is 27.0. The minimum atomic E-state index is -6.00. The largest absolute Gasteiger partial charge is 0.673 e. The molecule has 0 amide bonds. The molecule has 0 saturated carbocycles. The Bertz CT molecular complexity index is 1370. The first-order valence-electron chi connectivity index (χ1n) is 12.4. The predicted octanol–water partition coefficient (Wildman–Crippen LogP) is 8.83. The third-order valence-electron chi connectivity index (χ3n) is 6.16. The molecule has 5 aromatic rings. The molecule has 0 atom stereocenters. The maximum absolute atomic E-state index is 9.75. The second kappa shape index (κ2) is 12.4. The van der Waals surface area contributed by atoms with E-state index in [1.807, 2.05) is 0 Å². The molecular weight excluding hydrogens is 485 g/mol. The normalized spacial score (nSPS) is 11.0. The quantitative estimate of drug-likeness (QED) is 0.121. The van der Waals surface area contributed by atoms with Crippen molar-refractivity contribution in [3.8, 4) is 33.6 Å². The fraction of sp³-hybridized carbons (Fsp3) is 0.0938. The Morgan fingerprint density at radius 3 is 1.34 bits per heavy atom. The van der Waals surface area contributed by atoms with Gasteiger partial charge in [0.1, 0.15) is 0 Å². The van der Waals surface area contributed by atoms with Crippen LogP contribution in [0.25, 0.3) is 33.6 Å². The Labute approximate surface area is 221 Å². The lowest BCUT2D eigenvalue weighted by atomic mass is 9.98. The van der Waals surface area contributed by atoms with Crippen molar-refractivity contribution in [1.29, 1.82) is 0 Å². The average Bonchev–Trinajstić information content (AvgIpc) is 2.93. The van der Waals surface area contributed by atoms with E-state index in [9.17, 15) is 17.3 Å². The molecule has 38 heavy (non-hydrogen) atoms. The van der Waals surface area contributed by atoms with Gasteiger partial charge in [-0.2, -0.15) is 4.57 Å². The lowest BCUT2D eigenvalue weighted by molar-refractivity contribution is -0.674. The number of halogens is 4. The van der Waals surface area contributed by atoms with Crippen molar-refractivity contribution in [2.45, 2.75) is 19.9 Å². The van der Waals surface area contributed by atoms with Crippen molar-refractivity contribution in [3.05, 3.63) is 139 Å². The van der Waals surface area contributed by atoms with Crippen LogP contribution in [-0.2, 0) is 13.0 Å². The Kier molecular flexibility index (Phi) is 8.75. The van der Waals surface area contributed by atoms with Crippen molar-refractivity contribution >= 4 is 7.25 Å². The zero-order valence-electron chi connectivity index (χ0n) is 21.1. The third kappa shape index (κ3) is 7.66. The summed E-state index contributed by atoms with van der Waals surface area (Å²) in [5, 5.41) is 0. The molecule has 0 aliphatic carbocycles. The second-order valence-electron chi connectivity index (χ2n) is 8.99. The third-order valence-corrected chi connectivity index (χ3v) is 6.16. The van der Waals surface area contributed by atoms with Crippen LogP contribution in [0.5, 0.6) is 0 Å². The standard InChI is InChI=1S/C32H28N.BF4/c1-25-17-19-26(20-18-25)21-22-33-31(28-13-7-3-8-14-28)23-30(27-11-5-2-6-12-27)24-32(33)29-15-9-4-10-16-29;2-1(3,4)5/h2-20,23-24H,21-22H2,1H3;/q+1;-1. The van der Waals surface area contributed by atoms with E-state index in [0.29, 0.717) is 0 Å². The van der Waals surface area contributed by atoms with Crippen molar-refractivity contribution < 1.29 is 21.8 Å². The molecule has 0 unspecified atom stereocenters. The fourth-order valence-corrected chi connectivity index (χ4v) is 4.35. The molecule has 5 rings (SSSR count). The first-order valence-corrected chi connectivity index (χ1v) is 12.4. The number of benzene rings is 4. The molecule has 6 heteroatoms. The van der Waals surface area contributed by atoms with Gasteiger partial charge < -0.3 is 17.3 Å². The van der Waals surface area contributed by atoms with Gasteiger partial charge in [-0.05, 0) is 47.9 Å². The van der Waals surface area contributed by atoms with Crippen LogP contribution in [0.3, 0.4) is 0 Å². The summed E-state index contributed by atoms with van der Waals surface area (Å²) in [4.78, 5) is 0. The summed E-state index contributed by atoms with van der Waals surface area (Å²) in [6, 6.07) is 45.7. The van der Waals surface area contributed by atoms with Crippen LogP contribution in [-0.4, -0.2) is 7.25 Å². The van der Waals surface area contributed by atoms with Gasteiger partial charge in [0, 0.05) is 29.7 Å². The first kappa shape index (κ1) is 26.9. The number of aromatic nitrogens is 1. The van der Waals surface area contributed by atoms with Crippen molar-refractivity contribution in [3.63, 3.8) is 0 Å². The van der Waals surface area contributed by atoms with Gasteiger partial charge in [-0.1, -0.05) is 96.6 Å². The number of hydrogen-bond donors (Lipinski definition) is 0. The van der Waals surface area contributed by atoms with E-state index >= 15 is 0 Å². The van der Waals surface area contributed by atoms with Crippen molar-refractivity contribution in [2.24, 2.45) is 0 Å². The SMILES string of the molecule is Cc1ccc(CC[n+]2c(-c3ccccc3)cc(-c3ccccc3)cc2-c2ccccc2)cc1.F[B-](F)(F)F. The molecular formula is C32H28BF4N. The summed E-state index contributed by atoms with van der Waals surface area (Å²) in [5.74, 6) is 0. The average molecular weight is 513 g/mol. The van der Waals surface area contributed by atoms with E-state index in [1.54, 1.807) is 0 Å². The molecule has 0 spiro atoms. The summed E-state index contributed by atoms with van der Waals surface area (Å²) in [6.45, 7) is 3.05. The highest BCUT2D eigenvalue weighted by Gasteiger charge is 2.22. The molecule has 0 bridgehead atoms. The van der Waals surface area contributed by atoms with E-state index in [-0.39, 0.29) is 0 Å². The summed E-state index contributed by atoms with van der Waals surface area (Å²) >= 11 is 0. The number of rotatable bonds is 6. The Balaban J connectivity index is 0.000000617. The molecule has 0 radical (unpaired) electrons. The number of hydrogen-bond acceptors (Lipinski definition) is 0. The maximum Gasteiger partial charge on any atom is 0.673 e. The van der Waals surface area contributed by atoms with E-state index in [2.05, 4.69) is 139 Å². The van der Waals surface area contributed by atoms with Crippen LogP contribution in [0.2, 0.25) is 0 Å². The Morgan fingerprint density at radius 1 is 0.526 bits per heavy atom. The molecule has 0 aliphatic rings. The monoisotopic (exact) mass is 513 g/mol. The molecule has 0 N–H and O–H groups in total. The molecule has 0 fully saturated rings. The predicted molar refractivity (Wildman–Crippen MR) is 148 cm³/mol. The minimum Gasteiger partial charge on any atom is -0.418 e. The zero-order valence-corrected chi connectivity index (χ0v) is 21.1. The van der Waals surface area contributed by atoms with E-state index in [4.69, 9.17) is 0 Å². The highest BCUT2D eigenvalue weighted by atomic mass is 19.5. The Morgan fingerprint density at radius 2 is 0.921 bits per heavy atom. The van der Waals surface area contributed by atoms with Crippen LogP contribution < -0.4 is 4.57 Å². The topological polar surface area (TPSA) is 3.88 Å². The molecule has 1 nitrogen and oxygen atoms in total. The van der Waals surface area contributed by atoms with Gasteiger partial charge in [0.25, 0.3) is 0 Å². The van der Waals surface area contributed by atoms with Gasteiger partial charge in [-0.15, -0.1) is 0 Å². The van der Waals surface area contributed by atoms with Crippen molar-refractivity contribution in [2.75, 3.05) is 0 Å². The van der Waals surface area contributed by atoms with Gasteiger partial charge in [0.2, 0.25) is 11.4 Å². The highest BCUT2D eigenvalue weighted by molar-refractivity contribution is 6.50. The number of nitrogens with zero attached hydrogens (tertiary/aromatic N) is 1. The summed E-state index contributed by atoms with van der Waals surface area (Å²) < 4.78 is 41.5. The van der Waals surface area contributed by atoms with Gasteiger partial charge in [-0.3, -0.25) is 0 Å². The molecule has 192 valence electrons. The van der Waals surface area contributed by atoms with Gasteiger partial charge in [0.05, 0.1) is 0 Å². The van der Waals surface area contributed by atoms with Gasteiger partial charge in [0.15, 0.2) is 6.54 Å². The number of aryl methyl sites for hydroxylation is 2. The fourth-order valence-electron chi connectivity index (χ4n) is 4.35. The highest BCUT2D eigenvalue weighted by Crippen LogP contribution is 2.29. The van der Waals surface area contributed by atoms with Gasteiger partial charge in [-0.25, -0.2) is 0 Å². The number of pyridine rings is 1. The second-order valence-corrected chi connectivity index (χ2v) is 8.99. The summed E-state index contributed by atoms with van der Waals surface area (Å²) in [6.07, 6.45) is 0.981. The van der Waals surface area contributed by atoms with Crippen LogP contribution in [0, 0.1) is 6.92 Å². The molecule has 0 aliphatic heterocycles. The van der Waals surface area contributed by atoms with Crippen LogP contribution >= 0.6 is 0 Å². The maximum atomic E-state index is 9.75. The van der Waals surface area contributed by atoms with Crippen molar-refractivity contribution in [1.82, 2.24) is 0 Å². The van der Waals surface area contributed by atoms with E-state index in [1.165, 1.54) is 44.8 Å². The molecule has 0 saturated heterocycles.